The molecule has 0 unspecified atom stereocenters. The Morgan fingerprint density at radius 3 is 2.38 bits per heavy atom. The van der Waals surface area contributed by atoms with Crippen LogP contribution in [0.2, 0.25) is 0 Å². The zero-order valence-corrected chi connectivity index (χ0v) is 27.1. The fraction of sp³-hybridized carbons (Fsp3) is 0.231. The number of nitrogens with zero attached hydrogens (tertiary/aromatic N) is 4. The molecule has 0 saturated heterocycles. The van der Waals surface area contributed by atoms with E-state index in [-0.39, 0.29) is 30.4 Å². The maximum absolute atomic E-state index is 14.5. The number of phenolic OH excluding ortho intramolecular Hbond substituents is 1. The van der Waals surface area contributed by atoms with Crippen molar-refractivity contribution in [1.29, 1.82) is 0 Å². The van der Waals surface area contributed by atoms with Crippen LogP contribution in [0.1, 0.15) is 50.0 Å². The summed E-state index contributed by atoms with van der Waals surface area (Å²) < 4.78 is 13.4. The quantitative estimate of drug-likeness (QED) is 0.228. The number of carbonyl (C=O) groups excluding carboxylic acids is 2. The maximum Gasteiger partial charge on any atom is 0.264 e. The first-order chi connectivity index (χ1) is 23.2. The van der Waals surface area contributed by atoms with Gasteiger partial charge < -0.3 is 28.9 Å². The Morgan fingerprint density at radius 2 is 1.58 bits per heavy atom. The highest BCUT2D eigenvalue weighted by Crippen LogP contribution is 2.39. The molecule has 0 spiro atoms. The second kappa shape index (κ2) is 11.5. The van der Waals surface area contributed by atoms with Crippen LogP contribution < -0.4 is 19.3 Å². The number of ether oxygens (including phenoxy) is 2. The van der Waals surface area contributed by atoms with Gasteiger partial charge in [0.2, 0.25) is 6.79 Å². The minimum Gasteiger partial charge on any atom is -0.508 e. The molecule has 0 aliphatic carbocycles. The summed E-state index contributed by atoms with van der Waals surface area (Å²) in [6.07, 6.45) is 3.46. The molecule has 1 aromatic heterocycles. The van der Waals surface area contributed by atoms with Crippen molar-refractivity contribution >= 4 is 28.9 Å². The number of likely N-dealkylation sites (N-methyl/N-ethyl adjacent to an activating group) is 1. The second-order valence-electron chi connectivity index (χ2n) is 12.9. The van der Waals surface area contributed by atoms with E-state index in [1.807, 2.05) is 46.7 Å². The van der Waals surface area contributed by atoms with Crippen molar-refractivity contribution in [2.45, 2.75) is 39.3 Å². The number of benzene rings is 4. The minimum atomic E-state index is -0.233. The van der Waals surface area contributed by atoms with Gasteiger partial charge in [0.25, 0.3) is 11.8 Å². The molecule has 4 aromatic carbocycles. The summed E-state index contributed by atoms with van der Waals surface area (Å²) in [6, 6.07) is 26.4. The Labute approximate surface area is 279 Å². The van der Waals surface area contributed by atoms with E-state index in [1.165, 1.54) is 11.1 Å². The number of rotatable bonds is 5. The Balaban J connectivity index is 1.19. The number of carbonyl (C=O) groups is 2. The molecule has 0 saturated carbocycles. The van der Waals surface area contributed by atoms with E-state index in [2.05, 4.69) is 43.1 Å². The zero-order chi connectivity index (χ0) is 33.1. The number of hydrogen-bond donors (Lipinski definition) is 1. The van der Waals surface area contributed by atoms with Crippen molar-refractivity contribution in [2.75, 3.05) is 30.2 Å². The highest BCUT2D eigenvalue weighted by Gasteiger charge is 2.32. The third kappa shape index (κ3) is 5.02. The number of fused-ring (bicyclic) bond motifs is 3. The van der Waals surface area contributed by atoms with Gasteiger partial charge in [-0.15, -0.1) is 0 Å². The van der Waals surface area contributed by atoms with Gasteiger partial charge in [0.05, 0.1) is 16.8 Å². The summed E-state index contributed by atoms with van der Waals surface area (Å²) in [5.74, 6) is 0.849. The average molecular weight is 641 g/mol. The summed E-state index contributed by atoms with van der Waals surface area (Å²) in [6.45, 7) is 5.51. The first kappa shape index (κ1) is 29.7. The Hall–Kier alpha value is -5.70. The van der Waals surface area contributed by atoms with Crippen molar-refractivity contribution < 1.29 is 24.2 Å². The summed E-state index contributed by atoms with van der Waals surface area (Å²) in [5, 5.41) is 10.0. The first-order valence-electron chi connectivity index (χ1n) is 16.2. The molecule has 48 heavy (non-hydrogen) atoms. The van der Waals surface area contributed by atoms with E-state index in [1.54, 1.807) is 41.4 Å². The molecule has 1 N–H and O–H groups in total. The number of phenols is 1. The molecule has 0 fully saturated rings. The molecular formula is C39H36N4O5. The highest BCUT2D eigenvalue weighted by atomic mass is 16.7. The summed E-state index contributed by atoms with van der Waals surface area (Å²) >= 11 is 0. The lowest BCUT2D eigenvalue weighted by molar-refractivity contribution is 0.0657. The number of amides is 2. The van der Waals surface area contributed by atoms with Crippen molar-refractivity contribution in [2.24, 2.45) is 0 Å². The Bertz CT molecular complexity index is 2090. The molecule has 0 bridgehead atoms. The van der Waals surface area contributed by atoms with Gasteiger partial charge >= 0.3 is 0 Å². The molecular weight excluding hydrogens is 604 g/mol. The topological polar surface area (TPSA) is 87.5 Å². The average Bonchev–Trinajstić information content (AvgIpc) is 3.82. The minimum absolute atomic E-state index is 0.000420. The largest absolute Gasteiger partial charge is 0.508 e. The van der Waals surface area contributed by atoms with Crippen LogP contribution in [0.3, 0.4) is 0 Å². The lowest BCUT2D eigenvalue weighted by atomic mass is 9.94. The van der Waals surface area contributed by atoms with Gasteiger partial charge in [-0.25, -0.2) is 0 Å². The molecule has 9 heteroatoms. The van der Waals surface area contributed by atoms with E-state index in [0.29, 0.717) is 40.5 Å². The lowest BCUT2D eigenvalue weighted by Gasteiger charge is -2.35. The predicted octanol–water partition coefficient (Wildman–Crippen LogP) is 6.78. The van der Waals surface area contributed by atoms with Crippen molar-refractivity contribution in [3.63, 3.8) is 0 Å². The van der Waals surface area contributed by atoms with E-state index in [9.17, 15) is 14.7 Å². The molecule has 4 heterocycles. The van der Waals surface area contributed by atoms with Gasteiger partial charge in [0.1, 0.15) is 5.75 Å². The van der Waals surface area contributed by atoms with Crippen LogP contribution in [0, 0.1) is 6.92 Å². The van der Waals surface area contributed by atoms with Gasteiger partial charge in [-0.05, 0) is 98.0 Å². The standard InChI is InChI=1S/C39H36N4O5/c1-24-17-29(38(45)43(30-8-11-32(44)12-9-30)31-10-13-34-27(18-31)14-15-40(34)3)22-41(24)35-20-37-36(47-23-48-37)19-33(35)39(46)42-21-28-7-5-4-6-26(28)16-25(42)2/h4-13,17-20,22,25,44H,14-16,21,23H2,1-3H3/t25-/m0/s1. The fourth-order valence-electron chi connectivity index (χ4n) is 7.16. The molecule has 0 radical (unpaired) electrons. The first-order valence-corrected chi connectivity index (χ1v) is 16.2. The van der Waals surface area contributed by atoms with Crippen LogP contribution in [-0.2, 0) is 19.4 Å². The van der Waals surface area contributed by atoms with Crippen LogP contribution in [0.4, 0.5) is 17.1 Å². The van der Waals surface area contributed by atoms with Crippen LogP contribution in [0.25, 0.3) is 5.69 Å². The van der Waals surface area contributed by atoms with Crippen molar-refractivity contribution in [3.05, 3.63) is 125 Å². The number of aryl methyl sites for hydroxylation is 1. The van der Waals surface area contributed by atoms with Crippen LogP contribution in [0.15, 0.2) is 91.1 Å². The summed E-state index contributed by atoms with van der Waals surface area (Å²) in [4.78, 5) is 34.7. The predicted molar refractivity (Wildman–Crippen MR) is 184 cm³/mol. The van der Waals surface area contributed by atoms with E-state index in [4.69, 9.17) is 9.47 Å². The van der Waals surface area contributed by atoms with E-state index in [0.717, 1.165) is 42.0 Å². The number of aromatic nitrogens is 1. The van der Waals surface area contributed by atoms with Crippen LogP contribution in [0.5, 0.6) is 17.2 Å². The molecule has 242 valence electrons. The fourth-order valence-corrected chi connectivity index (χ4v) is 7.16. The lowest BCUT2D eigenvalue weighted by Crippen LogP contribution is -2.42. The zero-order valence-electron chi connectivity index (χ0n) is 27.1. The Morgan fingerprint density at radius 1 is 0.854 bits per heavy atom. The summed E-state index contributed by atoms with van der Waals surface area (Å²) in [7, 11) is 2.07. The smallest absolute Gasteiger partial charge is 0.264 e. The maximum atomic E-state index is 14.5. The van der Waals surface area contributed by atoms with Gasteiger partial charge in [0.15, 0.2) is 11.5 Å². The molecule has 1 atom stereocenters. The molecule has 3 aliphatic rings. The second-order valence-corrected chi connectivity index (χ2v) is 12.9. The molecule has 8 rings (SSSR count). The van der Waals surface area contributed by atoms with Gasteiger partial charge in [-0.3, -0.25) is 14.5 Å². The van der Waals surface area contributed by atoms with Crippen LogP contribution >= 0.6 is 0 Å². The van der Waals surface area contributed by atoms with Crippen molar-refractivity contribution in [3.8, 4) is 22.9 Å². The van der Waals surface area contributed by atoms with Gasteiger partial charge in [0, 0.05) is 61.2 Å². The van der Waals surface area contributed by atoms with Crippen LogP contribution in [-0.4, -0.2) is 52.8 Å². The van der Waals surface area contributed by atoms with E-state index >= 15 is 0 Å². The molecule has 3 aliphatic heterocycles. The monoisotopic (exact) mass is 640 g/mol. The van der Waals surface area contributed by atoms with Gasteiger partial charge in [-0.1, -0.05) is 24.3 Å². The SMILES string of the molecule is Cc1cc(C(=O)N(c2ccc(O)cc2)c2ccc3c(c2)CCN3C)cn1-c1cc2c(cc1C(=O)N1Cc3ccccc3C[C@@H]1C)OCO2. The number of hydrogen-bond acceptors (Lipinski definition) is 6. The third-order valence-electron chi connectivity index (χ3n) is 9.77. The highest BCUT2D eigenvalue weighted by molar-refractivity contribution is 6.11. The van der Waals surface area contributed by atoms with Crippen molar-refractivity contribution in [1.82, 2.24) is 9.47 Å². The molecule has 9 nitrogen and oxygen atoms in total. The summed E-state index contributed by atoms with van der Waals surface area (Å²) in [5.41, 5.74) is 8.44. The number of anilines is 3. The Kier molecular flexibility index (Phi) is 7.13. The molecule has 5 aromatic rings. The number of aromatic hydroxyl groups is 1. The van der Waals surface area contributed by atoms with E-state index < -0.39 is 0 Å². The normalized spacial score (nSPS) is 16.1. The van der Waals surface area contributed by atoms with Gasteiger partial charge in [-0.2, -0.15) is 0 Å². The molecule has 2 amide bonds. The third-order valence-corrected chi connectivity index (χ3v) is 9.77.